The van der Waals surface area contributed by atoms with Crippen LogP contribution >= 0.6 is 0 Å². The van der Waals surface area contributed by atoms with Gasteiger partial charge in [0.2, 0.25) is 0 Å². The van der Waals surface area contributed by atoms with Crippen molar-refractivity contribution in [3.8, 4) is 28.4 Å². The smallest absolute Gasteiger partial charge is 0.165 e. The molecule has 100 valence electrons. The molecular formula is C17H14O3. The van der Waals surface area contributed by atoms with Crippen molar-refractivity contribution in [2.24, 2.45) is 0 Å². The minimum absolute atomic E-state index is 0.0416. The summed E-state index contributed by atoms with van der Waals surface area (Å²) in [4.78, 5) is 0. The molecule has 0 aliphatic rings. The van der Waals surface area contributed by atoms with Crippen LogP contribution in [0.15, 0.2) is 54.6 Å². The molecular weight excluding hydrogens is 252 g/mol. The number of ether oxygens (including phenoxy) is 1. The van der Waals surface area contributed by atoms with Crippen molar-refractivity contribution in [1.29, 1.82) is 0 Å². The van der Waals surface area contributed by atoms with Gasteiger partial charge in [-0.2, -0.15) is 0 Å². The van der Waals surface area contributed by atoms with Gasteiger partial charge in [0.25, 0.3) is 0 Å². The van der Waals surface area contributed by atoms with Gasteiger partial charge in [-0.05, 0) is 23.3 Å². The van der Waals surface area contributed by atoms with Crippen LogP contribution in [0.1, 0.15) is 0 Å². The lowest BCUT2D eigenvalue weighted by atomic mass is 10.00. The normalized spacial score (nSPS) is 10.7. The highest BCUT2D eigenvalue weighted by atomic mass is 16.5. The number of aromatic hydroxyl groups is 2. The van der Waals surface area contributed by atoms with Crippen molar-refractivity contribution < 1.29 is 14.9 Å². The number of benzene rings is 3. The quantitative estimate of drug-likeness (QED) is 0.691. The molecule has 3 aromatic rings. The lowest BCUT2D eigenvalue weighted by molar-refractivity contribution is 0.372. The zero-order valence-electron chi connectivity index (χ0n) is 11.0. The number of methoxy groups -OCH3 is 1. The van der Waals surface area contributed by atoms with Gasteiger partial charge in [0.15, 0.2) is 11.5 Å². The maximum atomic E-state index is 10.1. The average Bonchev–Trinajstić information content (AvgIpc) is 2.51. The average molecular weight is 266 g/mol. The summed E-state index contributed by atoms with van der Waals surface area (Å²) in [6.07, 6.45) is 0. The molecule has 0 atom stereocenters. The SMILES string of the molecule is COc1cc(O)c2cc(-c3ccccc3)ccc2c1O. The Morgan fingerprint density at radius 1 is 0.800 bits per heavy atom. The molecule has 20 heavy (non-hydrogen) atoms. The van der Waals surface area contributed by atoms with E-state index in [1.165, 1.54) is 13.2 Å². The minimum Gasteiger partial charge on any atom is -0.507 e. The molecule has 0 radical (unpaired) electrons. The third-order valence-electron chi connectivity index (χ3n) is 3.38. The Morgan fingerprint density at radius 2 is 1.55 bits per heavy atom. The van der Waals surface area contributed by atoms with Gasteiger partial charge in [-0.1, -0.05) is 36.4 Å². The van der Waals surface area contributed by atoms with E-state index in [1.54, 1.807) is 6.07 Å². The molecule has 0 aromatic heterocycles. The van der Waals surface area contributed by atoms with Crippen molar-refractivity contribution in [2.75, 3.05) is 7.11 Å². The Hall–Kier alpha value is -2.68. The van der Waals surface area contributed by atoms with Gasteiger partial charge in [0, 0.05) is 16.8 Å². The number of phenols is 2. The van der Waals surface area contributed by atoms with Gasteiger partial charge < -0.3 is 14.9 Å². The molecule has 0 saturated heterocycles. The van der Waals surface area contributed by atoms with Crippen LogP contribution in [0.2, 0.25) is 0 Å². The summed E-state index contributed by atoms with van der Waals surface area (Å²) in [6.45, 7) is 0. The summed E-state index contributed by atoms with van der Waals surface area (Å²) in [7, 11) is 1.46. The maximum absolute atomic E-state index is 10.1. The van der Waals surface area contributed by atoms with E-state index < -0.39 is 0 Å². The molecule has 0 fully saturated rings. The first kappa shape index (κ1) is 12.4. The minimum atomic E-state index is 0.0416. The second kappa shape index (κ2) is 4.78. The molecule has 2 N–H and O–H groups in total. The fraction of sp³-hybridized carbons (Fsp3) is 0.0588. The predicted molar refractivity (Wildman–Crippen MR) is 79.3 cm³/mol. The van der Waals surface area contributed by atoms with E-state index in [9.17, 15) is 10.2 Å². The van der Waals surface area contributed by atoms with Gasteiger partial charge in [0.1, 0.15) is 5.75 Å². The molecule has 3 aromatic carbocycles. The number of phenolic OH excluding ortho intramolecular Hbond substituents is 2. The van der Waals surface area contributed by atoms with Gasteiger partial charge in [-0.25, -0.2) is 0 Å². The highest BCUT2D eigenvalue weighted by molar-refractivity contribution is 5.97. The highest BCUT2D eigenvalue weighted by Crippen LogP contribution is 2.41. The van der Waals surface area contributed by atoms with Crippen LogP contribution in [-0.4, -0.2) is 17.3 Å². The van der Waals surface area contributed by atoms with Crippen LogP contribution in [0.5, 0.6) is 17.2 Å². The summed E-state index contributed by atoms with van der Waals surface area (Å²) < 4.78 is 5.04. The summed E-state index contributed by atoms with van der Waals surface area (Å²) in [5, 5.41) is 21.4. The van der Waals surface area contributed by atoms with E-state index in [2.05, 4.69) is 0 Å². The van der Waals surface area contributed by atoms with Crippen LogP contribution in [0.3, 0.4) is 0 Å². The first-order valence-corrected chi connectivity index (χ1v) is 6.29. The van der Waals surface area contributed by atoms with E-state index in [4.69, 9.17) is 4.74 Å². The van der Waals surface area contributed by atoms with Crippen molar-refractivity contribution in [3.05, 3.63) is 54.6 Å². The van der Waals surface area contributed by atoms with E-state index in [1.807, 2.05) is 42.5 Å². The molecule has 3 rings (SSSR count). The fourth-order valence-electron chi connectivity index (χ4n) is 2.33. The van der Waals surface area contributed by atoms with Crippen molar-refractivity contribution in [1.82, 2.24) is 0 Å². The van der Waals surface area contributed by atoms with E-state index >= 15 is 0 Å². The Morgan fingerprint density at radius 3 is 2.25 bits per heavy atom. The van der Waals surface area contributed by atoms with Gasteiger partial charge >= 0.3 is 0 Å². The van der Waals surface area contributed by atoms with Crippen LogP contribution in [0.4, 0.5) is 0 Å². The van der Waals surface area contributed by atoms with Crippen LogP contribution in [-0.2, 0) is 0 Å². The second-order valence-corrected chi connectivity index (χ2v) is 4.57. The molecule has 0 aliphatic carbocycles. The molecule has 0 spiro atoms. The summed E-state index contributed by atoms with van der Waals surface area (Å²) in [5.74, 6) is 0.398. The van der Waals surface area contributed by atoms with Crippen molar-refractivity contribution in [2.45, 2.75) is 0 Å². The zero-order chi connectivity index (χ0) is 14.1. The van der Waals surface area contributed by atoms with Crippen molar-refractivity contribution >= 4 is 10.8 Å². The molecule has 0 amide bonds. The second-order valence-electron chi connectivity index (χ2n) is 4.57. The third-order valence-corrected chi connectivity index (χ3v) is 3.38. The van der Waals surface area contributed by atoms with Crippen LogP contribution in [0, 0.1) is 0 Å². The fourth-order valence-corrected chi connectivity index (χ4v) is 2.33. The Bertz CT molecular complexity index is 764. The maximum Gasteiger partial charge on any atom is 0.165 e. The Labute approximate surface area is 116 Å². The summed E-state index contributed by atoms with van der Waals surface area (Å²) in [5.41, 5.74) is 2.04. The van der Waals surface area contributed by atoms with Gasteiger partial charge in [-0.15, -0.1) is 0 Å². The molecule has 0 heterocycles. The number of rotatable bonds is 2. The van der Waals surface area contributed by atoms with E-state index in [0.717, 1.165) is 11.1 Å². The monoisotopic (exact) mass is 266 g/mol. The number of hydrogen-bond acceptors (Lipinski definition) is 3. The standard InChI is InChI=1S/C17H14O3/c1-20-16-10-15(18)14-9-12(7-8-13(14)17(16)19)11-5-3-2-4-6-11/h2-10,18-19H,1H3. The molecule has 3 heteroatoms. The Balaban J connectivity index is 2.25. The first-order chi connectivity index (χ1) is 9.70. The first-order valence-electron chi connectivity index (χ1n) is 6.29. The zero-order valence-corrected chi connectivity index (χ0v) is 11.0. The molecule has 0 unspecified atom stereocenters. The predicted octanol–water partition coefficient (Wildman–Crippen LogP) is 3.93. The van der Waals surface area contributed by atoms with Crippen LogP contribution in [0.25, 0.3) is 21.9 Å². The van der Waals surface area contributed by atoms with E-state index in [0.29, 0.717) is 10.8 Å². The summed E-state index contributed by atoms with van der Waals surface area (Å²) in [6, 6.07) is 16.9. The van der Waals surface area contributed by atoms with E-state index in [-0.39, 0.29) is 17.2 Å². The molecule has 0 bridgehead atoms. The number of hydrogen-bond donors (Lipinski definition) is 2. The number of fused-ring (bicyclic) bond motifs is 1. The lowest BCUT2D eigenvalue weighted by Gasteiger charge is -2.10. The third kappa shape index (κ3) is 1.93. The molecule has 3 nitrogen and oxygen atoms in total. The van der Waals surface area contributed by atoms with Crippen molar-refractivity contribution in [3.63, 3.8) is 0 Å². The molecule has 0 aliphatic heterocycles. The summed E-state index contributed by atoms with van der Waals surface area (Å²) >= 11 is 0. The van der Waals surface area contributed by atoms with Crippen LogP contribution < -0.4 is 4.74 Å². The topological polar surface area (TPSA) is 49.7 Å². The van der Waals surface area contributed by atoms with Gasteiger partial charge in [0.05, 0.1) is 7.11 Å². The van der Waals surface area contributed by atoms with Gasteiger partial charge in [-0.3, -0.25) is 0 Å². The largest absolute Gasteiger partial charge is 0.507 e. The lowest BCUT2D eigenvalue weighted by Crippen LogP contribution is -1.86. The highest BCUT2D eigenvalue weighted by Gasteiger charge is 2.12. The molecule has 0 saturated carbocycles. The Kier molecular flexibility index (Phi) is 2.95.